The number of carbonyl (C=O) groups excluding carboxylic acids is 3. The Morgan fingerprint density at radius 3 is 2.06 bits per heavy atom. The van der Waals surface area contributed by atoms with Crippen LogP contribution in [0.5, 0.6) is 0 Å². The van der Waals surface area contributed by atoms with E-state index >= 15 is 0 Å². The first kappa shape index (κ1) is 44.0. The van der Waals surface area contributed by atoms with E-state index in [0.29, 0.717) is 19.3 Å². The summed E-state index contributed by atoms with van der Waals surface area (Å²) in [4.78, 5) is 38.0. The first-order valence-corrected chi connectivity index (χ1v) is 18.2. The van der Waals surface area contributed by atoms with E-state index in [1.54, 1.807) is 55.4 Å². The van der Waals surface area contributed by atoms with Crippen LogP contribution in [0.1, 0.15) is 94.9 Å². The second kappa shape index (κ2) is 17.9. The maximum absolute atomic E-state index is 13.3. The maximum atomic E-state index is 13.3. The maximum Gasteiger partial charge on any atom is 0.408 e. The lowest BCUT2D eigenvalue weighted by Gasteiger charge is -2.49. The molecule has 0 bridgehead atoms. The summed E-state index contributed by atoms with van der Waals surface area (Å²) in [6, 6.07) is -1.62. The lowest BCUT2D eigenvalue weighted by atomic mass is 9.79. The number of amides is 3. The number of hydrogen-bond acceptors (Lipinski definition) is 14. The van der Waals surface area contributed by atoms with E-state index in [1.165, 1.54) is 6.92 Å². The highest BCUT2D eigenvalue weighted by Crippen LogP contribution is 2.36. The molecule has 0 radical (unpaired) electrons. The summed E-state index contributed by atoms with van der Waals surface area (Å²) in [5, 5.41) is 62.6. The number of aliphatic hydroxyl groups is 5. The van der Waals surface area contributed by atoms with E-state index < -0.39 is 115 Å². The minimum atomic E-state index is -2.00. The SMILES string of the molecule is CC[C@@H]1CCC(NC(=O)OC(C)(C)C)[C@@H](OC2C(O)C(O[C@H]3OCC(C)(O)[C@H](C)C3O)[C@H](NC(=O)[C@@H](O)C(O)CNC(=O)OC(C)(C)C)C[C@@H]2C)O1. The van der Waals surface area contributed by atoms with Crippen LogP contribution in [-0.2, 0) is 33.2 Å². The Morgan fingerprint density at radius 1 is 0.865 bits per heavy atom. The lowest BCUT2D eigenvalue weighted by Crippen LogP contribution is -2.65. The Hall–Kier alpha value is -2.35. The number of hydrogen-bond donors (Lipinski definition) is 8. The molecule has 8 N–H and O–H groups in total. The van der Waals surface area contributed by atoms with Gasteiger partial charge in [0.1, 0.15) is 35.6 Å². The third kappa shape index (κ3) is 12.3. The van der Waals surface area contributed by atoms with E-state index in [1.807, 2.05) is 6.92 Å². The minimum absolute atomic E-state index is 0.126. The summed E-state index contributed by atoms with van der Waals surface area (Å²) >= 11 is 0. The zero-order valence-corrected chi connectivity index (χ0v) is 32.2. The quantitative estimate of drug-likeness (QED) is 0.146. The smallest absolute Gasteiger partial charge is 0.408 e. The van der Waals surface area contributed by atoms with E-state index in [4.69, 9.17) is 28.4 Å². The van der Waals surface area contributed by atoms with Gasteiger partial charge in [-0.05, 0) is 80.1 Å². The number of aliphatic hydroxyl groups excluding tert-OH is 4. The van der Waals surface area contributed by atoms with Crippen LogP contribution in [0.2, 0.25) is 0 Å². The molecular formula is C35H63N3O14. The normalized spacial score (nSPS) is 36.9. The highest BCUT2D eigenvalue weighted by Gasteiger charge is 2.51. The molecule has 0 aromatic carbocycles. The molecule has 0 aromatic heterocycles. The average Bonchev–Trinajstić information content (AvgIpc) is 3.02. The zero-order valence-electron chi connectivity index (χ0n) is 32.2. The average molecular weight is 750 g/mol. The van der Waals surface area contributed by atoms with Crippen LogP contribution >= 0.6 is 0 Å². The summed E-state index contributed by atoms with van der Waals surface area (Å²) in [5.41, 5.74) is -2.91. The van der Waals surface area contributed by atoms with Crippen LogP contribution in [0, 0.1) is 11.8 Å². The van der Waals surface area contributed by atoms with Crippen molar-refractivity contribution in [3.63, 3.8) is 0 Å². The molecule has 14 atom stereocenters. The summed E-state index contributed by atoms with van der Waals surface area (Å²) in [6.07, 6.45) is -10.8. The molecule has 3 fully saturated rings. The van der Waals surface area contributed by atoms with Crippen molar-refractivity contribution in [2.24, 2.45) is 11.8 Å². The molecule has 17 heteroatoms. The predicted octanol–water partition coefficient (Wildman–Crippen LogP) is 0.802. The molecule has 52 heavy (non-hydrogen) atoms. The lowest BCUT2D eigenvalue weighted by molar-refractivity contribution is -0.317. The Labute approximate surface area is 306 Å². The summed E-state index contributed by atoms with van der Waals surface area (Å²) in [7, 11) is 0. The fraction of sp³-hybridized carbons (Fsp3) is 0.914. The minimum Gasteiger partial charge on any atom is -0.444 e. The van der Waals surface area contributed by atoms with Gasteiger partial charge in [-0.3, -0.25) is 4.79 Å². The van der Waals surface area contributed by atoms with E-state index in [0.717, 1.165) is 0 Å². The Bertz CT molecular complexity index is 1190. The topological polar surface area (TPSA) is 244 Å². The van der Waals surface area contributed by atoms with Gasteiger partial charge < -0.3 is 69.9 Å². The zero-order chi connectivity index (χ0) is 39.3. The van der Waals surface area contributed by atoms with Gasteiger partial charge in [0.15, 0.2) is 18.7 Å². The second-order valence-corrected chi connectivity index (χ2v) is 16.6. The Balaban J connectivity index is 1.82. The van der Waals surface area contributed by atoms with Gasteiger partial charge in [0.25, 0.3) is 5.91 Å². The van der Waals surface area contributed by atoms with E-state index in [2.05, 4.69) is 16.0 Å². The molecule has 7 unspecified atom stereocenters. The van der Waals surface area contributed by atoms with Gasteiger partial charge in [-0.2, -0.15) is 0 Å². The molecule has 2 aliphatic heterocycles. The van der Waals surface area contributed by atoms with Crippen molar-refractivity contribution in [3.8, 4) is 0 Å². The number of alkyl carbamates (subject to hydrolysis) is 2. The second-order valence-electron chi connectivity index (χ2n) is 16.6. The molecule has 1 saturated carbocycles. The number of ether oxygens (including phenoxy) is 6. The van der Waals surface area contributed by atoms with Gasteiger partial charge in [-0.15, -0.1) is 0 Å². The van der Waals surface area contributed by atoms with Crippen molar-refractivity contribution in [2.45, 2.75) is 179 Å². The summed E-state index contributed by atoms with van der Waals surface area (Å²) < 4.78 is 35.1. The fourth-order valence-electron chi connectivity index (χ4n) is 6.41. The third-order valence-corrected chi connectivity index (χ3v) is 9.58. The molecular weight excluding hydrogens is 686 g/mol. The van der Waals surface area contributed by atoms with Crippen molar-refractivity contribution in [1.82, 2.24) is 16.0 Å². The largest absolute Gasteiger partial charge is 0.444 e. The van der Waals surface area contributed by atoms with Gasteiger partial charge in [0.2, 0.25) is 0 Å². The van der Waals surface area contributed by atoms with Crippen LogP contribution in [0.25, 0.3) is 0 Å². The molecule has 2 saturated heterocycles. The monoisotopic (exact) mass is 749 g/mol. The summed E-state index contributed by atoms with van der Waals surface area (Å²) in [6.45, 7) is 16.4. The molecule has 0 aromatic rings. The van der Waals surface area contributed by atoms with Crippen molar-refractivity contribution in [3.05, 3.63) is 0 Å². The predicted molar refractivity (Wildman–Crippen MR) is 185 cm³/mol. The number of carbonyl (C=O) groups is 3. The van der Waals surface area contributed by atoms with Crippen molar-refractivity contribution in [1.29, 1.82) is 0 Å². The fourth-order valence-corrected chi connectivity index (χ4v) is 6.41. The van der Waals surface area contributed by atoms with Gasteiger partial charge in [-0.25, -0.2) is 9.59 Å². The summed E-state index contributed by atoms with van der Waals surface area (Å²) in [5.74, 6) is -2.18. The Morgan fingerprint density at radius 2 is 1.46 bits per heavy atom. The van der Waals surface area contributed by atoms with Crippen LogP contribution in [0.4, 0.5) is 9.59 Å². The Kier molecular flexibility index (Phi) is 15.1. The van der Waals surface area contributed by atoms with Gasteiger partial charge >= 0.3 is 12.2 Å². The molecule has 17 nitrogen and oxygen atoms in total. The van der Waals surface area contributed by atoms with Gasteiger partial charge in [0.05, 0.1) is 36.5 Å². The molecule has 0 spiro atoms. The van der Waals surface area contributed by atoms with Crippen LogP contribution < -0.4 is 16.0 Å². The highest BCUT2D eigenvalue weighted by molar-refractivity contribution is 5.81. The first-order valence-electron chi connectivity index (χ1n) is 18.2. The third-order valence-electron chi connectivity index (χ3n) is 9.58. The van der Waals surface area contributed by atoms with E-state index in [9.17, 15) is 39.9 Å². The highest BCUT2D eigenvalue weighted by atomic mass is 16.7. The molecule has 2 heterocycles. The molecule has 3 rings (SSSR count). The van der Waals surface area contributed by atoms with Crippen LogP contribution in [0.3, 0.4) is 0 Å². The molecule has 3 aliphatic rings. The molecule has 1 aliphatic carbocycles. The molecule has 302 valence electrons. The van der Waals surface area contributed by atoms with Crippen molar-refractivity contribution < 1.29 is 68.3 Å². The van der Waals surface area contributed by atoms with E-state index in [-0.39, 0.29) is 19.1 Å². The molecule has 3 amide bonds. The van der Waals surface area contributed by atoms with Crippen LogP contribution in [0.15, 0.2) is 0 Å². The van der Waals surface area contributed by atoms with Crippen LogP contribution in [-0.4, -0.2) is 141 Å². The standard InChI is InChI=1S/C35H63N3O14/c1-11-19-12-13-20(38-32(45)52-34(7,8)9)29(48-19)49-26-17(2)14-21(27(25(26)42)50-30-23(40)18(3)35(10,46)16-47-30)37-28(43)24(41)22(39)15-36-31(44)51-33(4,5)6/h17-27,29-30,39-42,46H,11-16H2,1-10H3,(H,36,44)(H,37,43)(H,38,45)/t17-,18+,19+,20?,21+,22?,23?,24-,25?,26?,27?,29+,30+,35?/m0/s1. The number of rotatable bonds is 11. The van der Waals surface area contributed by atoms with Crippen molar-refractivity contribution >= 4 is 18.1 Å². The first-order chi connectivity index (χ1) is 23.9. The number of nitrogens with one attached hydrogen (secondary N) is 3. The van der Waals surface area contributed by atoms with Gasteiger partial charge in [0, 0.05) is 12.5 Å². The van der Waals surface area contributed by atoms with Crippen molar-refractivity contribution in [2.75, 3.05) is 13.2 Å². The van der Waals surface area contributed by atoms with Gasteiger partial charge in [-0.1, -0.05) is 20.8 Å².